The first kappa shape index (κ1) is 7.83. The van der Waals surface area contributed by atoms with E-state index in [2.05, 4.69) is 5.32 Å². The van der Waals surface area contributed by atoms with Crippen LogP contribution in [0.15, 0.2) is 16.5 Å². The fourth-order valence-electron chi connectivity index (χ4n) is 1.66. The molecular weight excluding hydrogens is 152 g/mol. The lowest BCUT2D eigenvalue weighted by atomic mass is 10.0. The highest BCUT2D eigenvalue weighted by atomic mass is 16.3. The maximum atomic E-state index is 5.90. The minimum atomic E-state index is 0.204. The molecule has 0 amide bonds. The molecule has 2 atom stereocenters. The van der Waals surface area contributed by atoms with Gasteiger partial charge in [-0.15, -0.1) is 0 Å². The van der Waals surface area contributed by atoms with Gasteiger partial charge in [-0.3, -0.25) is 0 Å². The van der Waals surface area contributed by atoms with E-state index in [4.69, 9.17) is 10.2 Å². The Bertz CT molecular complexity index is 269. The van der Waals surface area contributed by atoms with E-state index in [1.54, 1.807) is 0 Å². The van der Waals surface area contributed by atoms with E-state index < -0.39 is 0 Å². The smallest absolute Gasteiger partial charge is 0.110 e. The Kier molecular flexibility index (Phi) is 1.90. The molecule has 3 heteroatoms. The fraction of sp³-hybridized carbons (Fsp3) is 0.556. The predicted molar refractivity (Wildman–Crippen MR) is 47.0 cm³/mol. The second-order valence-corrected chi connectivity index (χ2v) is 3.38. The standard InChI is InChI=1S/C9H14N2O/c1-6-2-3-9(12-6)7-4-11-5-8(7)10/h2-3,7-8,11H,4-5,10H2,1H3/t7-,8+/m1/s1. The number of hydrogen-bond donors (Lipinski definition) is 2. The minimum Gasteiger partial charge on any atom is -0.466 e. The molecular formula is C9H14N2O. The second kappa shape index (κ2) is 2.92. The van der Waals surface area contributed by atoms with Crippen molar-refractivity contribution in [2.24, 2.45) is 5.73 Å². The molecule has 3 nitrogen and oxygen atoms in total. The molecule has 0 saturated carbocycles. The van der Waals surface area contributed by atoms with Crippen molar-refractivity contribution in [1.82, 2.24) is 5.32 Å². The Morgan fingerprint density at radius 1 is 1.50 bits per heavy atom. The largest absolute Gasteiger partial charge is 0.466 e. The van der Waals surface area contributed by atoms with Crippen molar-refractivity contribution in [3.63, 3.8) is 0 Å². The molecule has 1 aliphatic rings. The van der Waals surface area contributed by atoms with Gasteiger partial charge in [-0.05, 0) is 19.1 Å². The van der Waals surface area contributed by atoms with Crippen molar-refractivity contribution in [2.75, 3.05) is 13.1 Å². The van der Waals surface area contributed by atoms with Crippen molar-refractivity contribution >= 4 is 0 Å². The van der Waals surface area contributed by atoms with Gasteiger partial charge < -0.3 is 15.5 Å². The van der Waals surface area contributed by atoms with Crippen LogP contribution in [0.3, 0.4) is 0 Å². The van der Waals surface area contributed by atoms with Gasteiger partial charge in [0.05, 0.1) is 0 Å². The maximum Gasteiger partial charge on any atom is 0.110 e. The maximum absolute atomic E-state index is 5.90. The third-order valence-corrected chi connectivity index (χ3v) is 2.39. The van der Waals surface area contributed by atoms with Crippen molar-refractivity contribution in [2.45, 2.75) is 18.9 Å². The lowest BCUT2D eigenvalue weighted by Gasteiger charge is -2.10. The SMILES string of the molecule is Cc1ccc([C@@H]2CNC[C@@H]2N)o1. The summed E-state index contributed by atoms with van der Waals surface area (Å²) in [6.45, 7) is 3.79. The van der Waals surface area contributed by atoms with E-state index in [1.807, 2.05) is 19.1 Å². The van der Waals surface area contributed by atoms with Crippen molar-refractivity contribution in [3.8, 4) is 0 Å². The van der Waals surface area contributed by atoms with Crippen molar-refractivity contribution in [3.05, 3.63) is 23.7 Å². The van der Waals surface area contributed by atoms with Crippen LogP contribution in [-0.2, 0) is 0 Å². The summed E-state index contributed by atoms with van der Waals surface area (Å²) in [5.74, 6) is 2.34. The highest BCUT2D eigenvalue weighted by molar-refractivity contribution is 5.15. The Hall–Kier alpha value is -0.800. The van der Waals surface area contributed by atoms with Gasteiger partial charge in [0, 0.05) is 25.0 Å². The summed E-state index contributed by atoms with van der Waals surface area (Å²) in [6, 6.07) is 4.21. The molecule has 12 heavy (non-hydrogen) atoms. The molecule has 1 aliphatic heterocycles. The molecule has 0 aliphatic carbocycles. The van der Waals surface area contributed by atoms with Gasteiger partial charge in [-0.25, -0.2) is 0 Å². The third-order valence-electron chi connectivity index (χ3n) is 2.39. The highest BCUT2D eigenvalue weighted by Gasteiger charge is 2.27. The van der Waals surface area contributed by atoms with Crippen LogP contribution in [-0.4, -0.2) is 19.1 Å². The lowest BCUT2D eigenvalue weighted by Crippen LogP contribution is -2.27. The van der Waals surface area contributed by atoms with E-state index in [0.717, 1.165) is 24.6 Å². The van der Waals surface area contributed by atoms with Crippen LogP contribution in [0, 0.1) is 6.92 Å². The molecule has 3 N–H and O–H groups in total. The number of hydrogen-bond acceptors (Lipinski definition) is 3. The summed E-state index contributed by atoms with van der Waals surface area (Å²) in [5, 5.41) is 3.24. The zero-order chi connectivity index (χ0) is 8.55. The summed E-state index contributed by atoms with van der Waals surface area (Å²) in [4.78, 5) is 0. The number of rotatable bonds is 1. The molecule has 0 aromatic carbocycles. The van der Waals surface area contributed by atoms with Gasteiger partial charge in [-0.1, -0.05) is 0 Å². The molecule has 1 fully saturated rings. The van der Waals surface area contributed by atoms with Crippen LogP contribution in [0.4, 0.5) is 0 Å². The van der Waals surface area contributed by atoms with E-state index in [-0.39, 0.29) is 6.04 Å². The zero-order valence-electron chi connectivity index (χ0n) is 7.21. The first-order chi connectivity index (χ1) is 5.77. The van der Waals surface area contributed by atoms with Crippen molar-refractivity contribution < 1.29 is 4.42 Å². The summed E-state index contributed by atoms with van der Waals surface area (Å²) < 4.78 is 5.52. The quantitative estimate of drug-likeness (QED) is 0.642. The topological polar surface area (TPSA) is 51.2 Å². The van der Waals surface area contributed by atoms with Gasteiger partial charge in [0.25, 0.3) is 0 Å². The van der Waals surface area contributed by atoms with Gasteiger partial charge in [0.15, 0.2) is 0 Å². The average Bonchev–Trinajstić information content (AvgIpc) is 2.58. The first-order valence-electron chi connectivity index (χ1n) is 4.30. The molecule has 0 bridgehead atoms. The van der Waals surface area contributed by atoms with Crippen LogP contribution in [0.2, 0.25) is 0 Å². The normalized spacial score (nSPS) is 29.5. The van der Waals surface area contributed by atoms with E-state index >= 15 is 0 Å². The van der Waals surface area contributed by atoms with Crippen LogP contribution in [0.25, 0.3) is 0 Å². The average molecular weight is 166 g/mol. The summed E-state index contributed by atoms with van der Waals surface area (Å²) >= 11 is 0. The molecule has 1 saturated heterocycles. The van der Waals surface area contributed by atoms with Crippen LogP contribution >= 0.6 is 0 Å². The molecule has 2 heterocycles. The highest BCUT2D eigenvalue weighted by Crippen LogP contribution is 2.23. The molecule has 2 rings (SSSR count). The van der Waals surface area contributed by atoms with Crippen molar-refractivity contribution in [1.29, 1.82) is 0 Å². The molecule has 1 aromatic rings. The van der Waals surface area contributed by atoms with Crippen LogP contribution < -0.4 is 11.1 Å². The summed E-state index contributed by atoms with van der Waals surface area (Å²) in [5.41, 5.74) is 5.90. The Morgan fingerprint density at radius 2 is 2.33 bits per heavy atom. The number of nitrogens with two attached hydrogens (primary N) is 1. The Labute approximate surface area is 71.9 Å². The first-order valence-corrected chi connectivity index (χ1v) is 4.30. The van der Waals surface area contributed by atoms with Crippen LogP contribution in [0.1, 0.15) is 17.4 Å². The van der Waals surface area contributed by atoms with E-state index in [9.17, 15) is 0 Å². The van der Waals surface area contributed by atoms with Crippen LogP contribution in [0.5, 0.6) is 0 Å². The van der Waals surface area contributed by atoms with Gasteiger partial charge in [0.1, 0.15) is 11.5 Å². The van der Waals surface area contributed by atoms with Gasteiger partial charge >= 0.3 is 0 Å². The van der Waals surface area contributed by atoms with Gasteiger partial charge in [-0.2, -0.15) is 0 Å². The Balaban J connectivity index is 2.19. The number of aryl methyl sites for hydroxylation is 1. The summed E-state index contributed by atoms with van der Waals surface area (Å²) in [6.07, 6.45) is 0. The predicted octanol–water partition coefficient (Wildman–Crippen LogP) is 0.602. The lowest BCUT2D eigenvalue weighted by molar-refractivity contribution is 0.438. The molecule has 0 unspecified atom stereocenters. The number of furan rings is 1. The molecule has 0 spiro atoms. The molecule has 1 aromatic heterocycles. The van der Waals surface area contributed by atoms with Gasteiger partial charge in [0.2, 0.25) is 0 Å². The minimum absolute atomic E-state index is 0.204. The zero-order valence-corrected chi connectivity index (χ0v) is 7.21. The third kappa shape index (κ3) is 1.26. The number of nitrogens with one attached hydrogen (secondary N) is 1. The summed E-state index contributed by atoms with van der Waals surface area (Å²) in [7, 11) is 0. The van der Waals surface area contributed by atoms with E-state index in [0.29, 0.717) is 5.92 Å². The Morgan fingerprint density at radius 3 is 2.83 bits per heavy atom. The molecule has 66 valence electrons. The van der Waals surface area contributed by atoms with E-state index in [1.165, 1.54) is 0 Å². The monoisotopic (exact) mass is 166 g/mol. The fourth-order valence-corrected chi connectivity index (χ4v) is 1.66. The molecule has 0 radical (unpaired) electrons. The second-order valence-electron chi connectivity index (χ2n) is 3.38.